The summed E-state index contributed by atoms with van der Waals surface area (Å²) in [6, 6.07) is 7.69. The molecule has 0 unspecified atom stereocenters. The molecule has 1 aliphatic rings. The lowest BCUT2D eigenvalue weighted by Crippen LogP contribution is -3.00. The second-order valence-electron chi connectivity index (χ2n) is 9.90. The van der Waals surface area contributed by atoms with Crippen LogP contribution in [-0.2, 0) is 26.6 Å². The van der Waals surface area contributed by atoms with Crippen LogP contribution < -0.4 is 38.2 Å². The van der Waals surface area contributed by atoms with Crippen LogP contribution in [0.3, 0.4) is 0 Å². The highest BCUT2D eigenvalue weighted by atomic mass is 127. The molecule has 1 aromatic heterocycles. The van der Waals surface area contributed by atoms with Crippen molar-refractivity contribution < 1.29 is 51.2 Å². The van der Waals surface area contributed by atoms with Gasteiger partial charge < -0.3 is 43.3 Å². The van der Waals surface area contributed by atoms with Gasteiger partial charge in [-0.3, -0.25) is 4.79 Å². The molecular weight excluding hydrogens is 619 g/mol. The van der Waals surface area contributed by atoms with E-state index in [1.54, 1.807) is 45.0 Å². The zero-order chi connectivity index (χ0) is 27.2. The number of piperidine rings is 1. The average molecular weight is 661 g/mol. The second-order valence-corrected chi connectivity index (χ2v) is 11.9. The topological polar surface area (TPSA) is 83.3 Å². The number of carbonyl (C=O) groups is 1. The monoisotopic (exact) mass is 660 g/mol. The largest absolute Gasteiger partial charge is 1.00 e. The lowest BCUT2D eigenvalue weighted by molar-refractivity contribution is -0.671. The van der Waals surface area contributed by atoms with E-state index in [0.717, 1.165) is 25.9 Å². The minimum absolute atomic E-state index is 0. The Kier molecular flexibility index (Phi) is 12.2. The number of ether oxygens (including phenoxy) is 2. The summed E-state index contributed by atoms with van der Waals surface area (Å²) in [5, 5.41) is 0. The smallest absolute Gasteiger partial charge is 0.248 e. The van der Waals surface area contributed by atoms with Crippen LogP contribution in [0.2, 0.25) is 0 Å². The van der Waals surface area contributed by atoms with E-state index < -0.39 is 10.0 Å². The van der Waals surface area contributed by atoms with Crippen molar-refractivity contribution in [1.29, 1.82) is 0 Å². The molecule has 0 bridgehead atoms. The van der Waals surface area contributed by atoms with Crippen molar-refractivity contribution in [2.24, 2.45) is 13.0 Å². The molecule has 11 heteroatoms. The van der Waals surface area contributed by atoms with Gasteiger partial charge in [0.2, 0.25) is 15.9 Å². The van der Waals surface area contributed by atoms with Gasteiger partial charge in [0, 0.05) is 58.1 Å². The maximum absolute atomic E-state index is 13.1. The first-order chi connectivity index (χ1) is 17.5. The lowest BCUT2D eigenvalue weighted by Gasteiger charge is -2.35. The number of likely N-dealkylation sites (N-methyl/N-ethyl adjacent to an activating group) is 2. The summed E-state index contributed by atoms with van der Waals surface area (Å²) < 4.78 is 40.3. The molecule has 1 aliphatic heterocycles. The Bertz CT molecular complexity index is 1150. The van der Waals surface area contributed by atoms with Gasteiger partial charge in [-0.1, -0.05) is 0 Å². The van der Waals surface area contributed by atoms with E-state index in [9.17, 15) is 13.2 Å². The molecule has 2 aromatic rings. The third-order valence-electron chi connectivity index (χ3n) is 7.01. The fourth-order valence-electron chi connectivity index (χ4n) is 4.74. The number of nitrogens with zero attached hydrogens (tertiary/aromatic N) is 4. The molecular formula is C27H41IN4O5S. The van der Waals surface area contributed by atoms with Gasteiger partial charge in [0.1, 0.15) is 19.4 Å². The molecule has 1 amide bonds. The molecule has 3 rings (SSSR count). The van der Waals surface area contributed by atoms with Crippen molar-refractivity contribution in [3.05, 3.63) is 47.8 Å². The Morgan fingerprint density at radius 1 is 1.11 bits per heavy atom. The molecule has 1 saturated heterocycles. The average Bonchev–Trinajstić information content (AvgIpc) is 2.86. The second kappa shape index (κ2) is 14.4. The summed E-state index contributed by atoms with van der Waals surface area (Å²) in [6.45, 7) is 6.39. The van der Waals surface area contributed by atoms with Gasteiger partial charge in [0.05, 0.1) is 18.6 Å². The number of rotatable bonds is 11. The predicted octanol–water partition coefficient (Wildman–Crippen LogP) is -0.847. The lowest BCUT2D eigenvalue weighted by atomic mass is 9.96. The van der Waals surface area contributed by atoms with Crippen LogP contribution in [-0.4, -0.2) is 84.1 Å². The summed E-state index contributed by atoms with van der Waals surface area (Å²) in [5.74, 6) is 0.987. The fourth-order valence-corrected chi connectivity index (χ4v) is 6.30. The normalized spacial score (nSPS) is 14.3. The highest BCUT2D eigenvalue weighted by Crippen LogP contribution is 2.27. The number of halogens is 1. The maximum Gasteiger partial charge on any atom is 0.248 e. The van der Waals surface area contributed by atoms with E-state index in [1.807, 2.05) is 11.6 Å². The Hall–Kier alpha value is -1.96. The SMILES string of the molecule is COc1cc(C)c(S(=O)(=O)N(C)CCOCC(=O)N(C)CC2CCN(c3cc[n+](C)cc3)CC2)c(C)c1.[I-]. The number of aryl methyl sites for hydroxylation is 3. The van der Waals surface area contributed by atoms with Crippen molar-refractivity contribution in [1.82, 2.24) is 9.21 Å². The van der Waals surface area contributed by atoms with Crippen LogP contribution in [0.1, 0.15) is 24.0 Å². The summed E-state index contributed by atoms with van der Waals surface area (Å²) in [7, 11) is 3.21. The summed E-state index contributed by atoms with van der Waals surface area (Å²) in [6.07, 6.45) is 6.18. The van der Waals surface area contributed by atoms with Gasteiger partial charge in [0.25, 0.3) is 0 Å². The van der Waals surface area contributed by atoms with Crippen LogP contribution in [0.25, 0.3) is 0 Å². The van der Waals surface area contributed by atoms with Gasteiger partial charge in [-0.05, 0) is 55.9 Å². The van der Waals surface area contributed by atoms with Crippen LogP contribution in [0.15, 0.2) is 41.6 Å². The van der Waals surface area contributed by atoms with Gasteiger partial charge in [-0.15, -0.1) is 0 Å². The van der Waals surface area contributed by atoms with Crippen molar-refractivity contribution in [3.63, 3.8) is 0 Å². The number of amides is 1. The zero-order valence-corrected chi connectivity index (χ0v) is 26.3. The van der Waals surface area contributed by atoms with Crippen LogP contribution in [0.4, 0.5) is 5.69 Å². The number of methoxy groups -OCH3 is 1. The third-order valence-corrected chi connectivity index (χ3v) is 9.18. The van der Waals surface area contributed by atoms with E-state index in [-0.39, 0.29) is 54.5 Å². The number of hydrogen-bond acceptors (Lipinski definition) is 6. The minimum atomic E-state index is -3.69. The number of carbonyl (C=O) groups excluding carboxylic acids is 1. The molecule has 1 fully saturated rings. The first-order valence-corrected chi connectivity index (χ1v) is 14.1. The fraction of sp³-hybridized carbons (Fsp3) is 0.556. The first-order valence-electron chi connectivity index (χ1n) is 12.7. The van der Waals surface area contributed by atoms with Crippen molar-refractivity contribution in [3.8, 4) is 5.75 Å². The van der Waals surface area contributed by atoms with Gasteiger partial charge in [-0.2, -0.15) is 4.31 Å². The van der Waals surface area contributed by atoms with Crippen molar-refractivity contribution >= 4 is 21.6 Å². The van der Waals surface area contributed by atoms with Gasteiger partial charge >= 0.3 is 0 Å². The molecule has 38 heavy (non-hydrogen) atoms. The third kappa shape index (κ3) is 8.27. The van der Waals surface area contributed by atoms with Crippen molar-refractivity contribution in [2.45, 2.75) is 31.6 Å². The Balaban J connectivity index is 0.00000507. The van der Waals surface area contributed by atoms with E-state index >= 15 is 0 Å². The Morgan fingerprint density at radius 3 is 2.24 bits per heavy atom. The quantitative estimate of drug-likeness (QED) is 0.178. The maximum atomic E-state index is 13.1. The van der Waals surface area contributed by atoms with Crippen LogP contribution in [0, 0.1) is 19.8 Å². The number of pyridine rings is 1. The number of aromatic nitrogens is 1. The van der Waals surface area contributed by atoms with Crippen LogP contribution in [0.5, 0.6) is 5.75 Å². The van der Waals surface area contributed by atoms with E-state index in [0.29, 0.717) is 29.3 Å². The minimum Gasteiger partial charge on any atom is -1.00 e. The van der Waals surface area contributed by atoms with E-state index in [2.05, 4.69) is 29.4 Å². The van der Waals surface area contributed by atoms with Gasteiger partial charge in [-0.25, -0.2) is 13.0 Å². The molecule has 212 valence electrons. The first kappa shape index (κ1) is 32.3. The molecule has 0 radical (unpaired) electrons. The molecule has 0 saturated carbocycles. The summed E-state index contributed by atoms with van der Waals surface area (Å²) >= 11 is 0. The Morgan fingerprint density at radius 2 is 1.68 bits per heavy atom. The van der Waals surface area contributed by atoms with E-state index in [1.165, 1.54) is 17.0 Å². The molecule has 0 spiro atoms. The summed E-state index contributed by atoms with van der Waals surface area (Å²) in [5.41, 5.74) is 2.49. The molecule has 0 aliphatic carbocycles. The highest BCUT2D eigenvalue weighted by Gasteiger charge is 2.26. The Labute approximate surface area is 244 Å². The molecule has 2 heterocycles. The molecule has 0 atom stereocenters. The number of anilines is 1. The standard InChI is InChI=1S/C27H41N4O5S.HI/c1-21-17-25(35-6)18-22(2)27(21)37(33,34)30(5)15-16-36-20-26(32)29(4)19-23-7-13-31(14-8-23)24-9-11-28(3)12-10-24;/h9-12,17-18,23H,7-8,13-16,19-20H2,1-6H3;1H/q+1;/p-1. The highest BCUT2D eigenvalue weighted by molar-refractivity contribution is 7.89. The zero-order valence-electron chi connectivity index (χ0n) is 23.3. The molecule has 9 nitrogen and oxygen atoms in total. The van der Waals surface area contributed by atoms with Crippen LogP contribution >= 0.6 is 0 Å². The number of hydrogen-bond donors (Lipinski definition) is 0. The number of benzene rings is 1. The number of sulfonamides is 1. The predicted molar refractivity (Wildman–Crippen MR) is 143 cm³/mol. The van der Waals surface area contributed by atoms with Crippen molar-refractivity contribution in [2.75, 3.05) is 65.5 Å². The summed E-state index contributed by atoms with van der Waals surface area (Å²) in [4.78, 5) is 17.0. The van der Waals surface area contributed by atoms with E-state index in [4.69, 9.17) is 9.47 Å². The molecule has 1 aromatic carbocycles. The molecule has 0 N–H and O–H groups in total. The van der Waals surface area contributed by atoms with Gasteiger partial charge in [0.15, 0.2) is 12.4 Å².